The van der Waals surface area contributed by atoms with Crippen LogP contribution in [0.4, 0.5) is 0 Å². The number of amides is 3. The summed E-state index contributed by atoms with van der Waals surface area (Å²) >= 11 is 0. The number of imide groups is 1. The first kappa shape index (κ1) is 14.9. The Hall–Kier alpha value is -2.51. The molecule has 2 heterocycles. The zero-order valence-electron chi connectivity index (χ0n) is 11.5. The molecule has 3 amide bonds. The highest BCUT2D eigenvalue weighted by Gasteiger charge is 2.33. The van der Waals surface area contributed by atoms with Crippen LogP contribution in [0.25, 0.3) is 0 Å². The molecular formula is C13H15N3O5. The number of amidine groups is 1. The third-order valence-corrected chi connectivity index (χ3v) is 3.15. The normalized spacial score (nSPS) is 19.7. The highest BCUT2D eigenvalue weighted by atomic mass is 16.7. The molecule has 0 radical (unpaired) electrons. The van der Waals surface area contributed by atoms with Gasteiger partial charge >= 0.3 is 5.97 Å². The number of hydrogen-bond donors (Lipinski definition) is 1. The Bertz CT molecular complexity index is 520. The molecule has 0 spiro atoms. The van der Waals surface area contributed by atoms with Crippen molar-refractivity contribution in [3.63, 3.8) is 0 Å². The van der Waals surface area contributed by atoms with Crippen LogP contribution < -0.4 is 0 Å². The molecule has 0 saturated carbocycles. The lowest BCUT2D eigenvalue weighted by Crippen LogP contribution is -2.36. The van der Waals surface area contributed by atoms with E-state index in [9.17, 15) is 19.2 Å². The van der Waals surface area contributed by atoms with Crippen LogP contribution in [0.3, 0.4) is 0 Å². The molecule has 0 aromatic carbocycles. The van der Waals surface area contributed by atoms with Crippen LogP contribution in [-0.2, 0) is 24.0 Å². The van der Waals surface area contributed by atoms with Crippen LogP contribution in [-0.4, -0.2) is 46.0 Å². The zero-order valence-corrected chi connectivity index (χ0v) is 11.5. The van der Waals surface area contributed by atoms with Crippen molar-refractivity contribution in [1.82, 2.24) is 9.96 Å². The molecule has 0 aromatic heterocycles. The molecule has 2 aliphatic heterocycles. The molecule has 8 nitrogen and oxygen atoms in total. The molecule has 0 bridgehead atoms. The van der Waals surface area contributed by atoms with Gasteiger partial charge in [0, 0.05) is 25.5 Å². The minimum Gasteiger partial charge on any atom is -0.330 e. The fraction of sp³-hybridized carbons (Fsp3) is 0.462. The summed E-state index contributed by atoms with van der Waals surface area (Å²) in [5.74, 6) is -2.26. The summed E-state index contributed by atoms with van der Waals surface area (Å²) in [6.45, 7) is 1.91. The van der Waals surface area contributed by atoms with Crippen LogP contribution >= 0.6 is 0 Å². The molecule has 0 aromatic rings. The molecule has 2 aliphatic rings. The average Bonchev–Trinajstić information content (AvgIpc) is 2.88. The van der Waals surface area contributed by atoms with Gasteiger partial charge in [-0.3, -0.25) is 24.7 Å². The van der Waals surface area contributed by atoms with E-state index < -0.39 is 17.8 Å². The molecule has 1 atom stereocenters. The third kappa shape index (κ3) is 3.33. The van der Waals surface area contributed by atoms with Gasteiger partial charge in [-0.2, -0.15) is 0 Å². The molecule has 1 unspecified atom stereocenters. The van der Waals surface area contributed by atoms with Gasteiger partial charge in [0.1, 0.15) is 5.84 Å². The Morgan fingerprint density at radius 1 is 1.29 bits per heavy atom. The summed E-state index contributed by atoms with van der Waals surface area (Å²) in [4.78, 5) is 51.8. The Morgan fingerprint density at radius 3 is 2.43 bits per heavy atom. The van der Waals surface area contributed by atoms with Crippen LogP contribution in [0.1, 0.15) is 26.2 Å². The van der Waals surface area contributed by atoms with Gasteiger partial charge in [-0.15, -0.1) is 5.06 Å². The minimum atomic E-state index is -0.711. The maximum absolute atomic E-state index is 11.7. The van der Waals surface area contributed by atoms with E-state index in [1.54, 1.807) is 6.92 Å². The van der Waals surface area contributed by atoms with Crippen molar-refractivity contribution in [2.45, 2.75) is 26.2 Å². The van der Waals surface area contributed by atoms with Crippen LogP contribution in [0.2, 0.25) is 0 Å². The number of nitrogens with one attached hydrogen (secondary N) is 1. The highest BCUT2D eigenvalue weighted by molar-refractivity contribution is 6.14. The summed E-state index contributed by atoms with van der Waals surface area (Å²) in [7, 11) is 0. The minimum absolute atomic E-state index is 0.0484. The quantitative estimate of drug-likeness (QED) is 0.717. The lowest BCUT2D eigenvalue weighted by molar-refractivity contribution is -0.198. The first-order chi connectivity index (χ1) is 9.88. The van der Waals surface area contributed by atoms with Gasteiger partial charge in [0.2, 0.25) is 0 Å². The second-order valence-corrected chi connectivity index (χ2v) is 5.02. The highest BCUT2D eigenvalue weighted by Crippen LogP contribution is 2.15. The van der Waals surface area contributed by atoms with Gasteiger partial charge in [0.15, 0.2) is 0 Å². The molecule has 1 fully saturated rings. The average molecular weight is 293 g/mol. The lowest BCUT2D eigenvalue weighted by Gasteiger charge is -2.20. The van der Waals surface area contributed by atoms with E-state index in [1.165, 1.54) is 17.1 Å². The Kier molecular flexibility index (Phi) is 4.15. The van der Waals surface area contributed by atoms with Gasteiger partial charge in [-0.05, 0) is 12.0 Å². The van der Waals surface area contributed by atoms with Crippen molar-refractivity contribution in [1.29, 1.82) is 5.41 Å². The Balaban J connectivity index is 1.82. The van der Waals surface area contributed by atoms with Gasteiger partial charge < -0.3 is 4.84 Å². The largest absolute Gasteiger partial charge is 0.333 e. The van der Waals surface area contributed by atoms with Crippen molar-refractivity contribution in [2.24, 2.45) is 5.92 Å². The van der Waals surface area contributed by atoms with E-state index in [0.29, 0.717) is 5.06 Å². The van der Waals surface area contributed by atoms with Crippen LogP contribution in [0, 0.1) is 11.3 Å². The van der Waals surface area contributed by atoms with E-state index in [4.69, 9.17) is 10.2 Å². The molecule has 1 saturated heterocycles. The summed E-state index contributed by atoms with van der Waals surface area (Å²) in [6, 6.07) is 0. The van der Waals surface area contributed by atoms with Gasteiger partial charge in [0.25, 0.3) is 17.7 Å². The van der Waals surface area contributed by atoms with Crippen molar-refractivity contribution in [3.05, 3.63) is 12.2 Å². The summed E-state index contributed by atoms with van der Waals surface area (Å²) in [5, 5.41) is 8.05. The molecule has 2 rings (SSSR count). The number of hydrogen-bond acceptors (Lipinski definition) is 6. The standard InChI is InChI=1S/C13H15N3O5/c1-8(7-15-9(14)2-3-10(15)17)6-13(20)21-16-11(18)4-5-12(16)19/h2-3,8,14H,4-7H2,1H3. The van der Waals surface area contributed by atoms with Gasteiger partial charge in [-0.1, -0.05) is 6.92 Å². The SMILES string of the molecule is CC(CC(=O)ON1C(=O)CCC1=O)CN1C(=N)C=CC1=O. The van der Waals surface area contributed by atoms with Gasteiger partial charge in [-0.25, -0.2) is 4.79 Å². The molecular weight excluding hydrogens is 278 g/mol. The molecule has 112 valence electrons. The van der Waals surface area contributed by atoms with Crippen LogP contribution in [0.5, 0.6) is 0 Å². The maximum Gasteiger partial charge on any atom is 0.333 e. The first-order valence-electron chi connectivity index (χ1n) is 6.53. The number of hydroxylamine groups is 2. The van der Waals surface area contributed by atoms with Crippen LogP contribution in [0.15, 0.2) is 12.2 Å². The van der Waals surface area contributed by atoms with Crippen molar-refractivity contribution >= 4 is 29.5 Å². The molecule has 21 heavy (non-hydrogen) atoms. The lowest BCUT2D eigenvalue weighted by atomic mass is 10.1. The first-order valence-corrected chi connectivity index (χ1v) is 6.53. The molecule has 0 aliphatic carbocycles. The van der Waals surface area contributed by atoms with Gasteiger partial charge in [0.05, 0.1) is 6.42 Å². The van der Waals surface area contributed by atoms with Crippen molar-refractivity contribution in [3.8, 4) is 0 Å². The molecule has 8 heteroatoms. The Morgan fingerprint density at radius 2 is 1.90 bits per heavy atom. The van der Waals surface area contributed by atoms with E-state index in [1.807, 2.05) is 0 Å². The Labute approximate surface area is 120 Å². The van der Waals surface area contributed by atoms with E-state index >= 15 is 0 Å². The summed E-state index contributed by atoms with van der Waals surface area (Å²) < 4.78 is 0. The third-order valence-electron chi connectivity index (χ3n) is 3.15. The van der Waals surface area contributed by atoms with E-state index in [-0.39, 0.29) is 43.5 Å². The second kappa shape index (κ2) is 5.86. The zero-order chi connectivity index (χ0) is 15.6. The molecule has 1 N–H and O–H groups in total. The number of carbonyl (C=O) groups is 4. The monoisotopic (exact) mass is 293 g/mol. The smallest absolute Gasteiger partial charge is 0.330 e. The van der Waals surface area contributed by atoms with E-state index in [0.717, 1.165) is 0 Å². The predicted octanol–water partition coefficient (Wildman–Crippen LogP) is -0.00453. The predicted molar refractivity (Wildman–Crippen MR) is 69.5 cm³/mol. The fourth-order valence-electron chi connectivity index (χ4n) is 2.09. The maximum atomic E-state index is 11.7. The van der Waals surface area contributed by atoms with E-state index in [2.05, 4.69) is 0 Å². The summed E-state index contributed by atoms with van der Waals surface area (Å²) in [6.07, 6.45) is 2.71. The van der Waals surface area contributed by atoms with Crippen molar-refractivity contribution in [2.75, 3.05) is 6.54 Å². The number of nitrogens with zero attached hydrogens (tertiary/aromatic N) is 2. The second-order valence-electron chi connectivity index (χ2n) is 5.02. The number of rotatable bonds is 5. The topological polar surface area (TPSA) is 108 Å². The summed E-state index contributed by atoms with van der Waals surface area (Å²) in [5.41, 5.74) is 0. The number of carbonyl (C=O) groups excluding carboxylic acids is 4. The fourth-order valence-corrected chi connectivity index (χ4v) is 2.09. The van der Waals surface area contributed by atoms with Crippen molar-refractivity contribution < 1.29 is 24.0 Å².